The van der Waals surface area contributed by atoms with E-state index >= 15 is 0 Å². The fourth-order valence-electron chi connectivity index (χ4n) is 3.17. The highest BCUT2D eigenvalue weighted by Crippen LogP contribution is 2.24. The van der Waals surface area contributed by atoms with Gasteiger partial charge in [-0.3, -0.25) is 14.3 Å². The predicted molar refractivity (Wildman–Crippen MR) is 104 cm³/mol. The molecule has 1 aromatic heterocycles. The molecule has 0 fully saturated rings. The van der Waals surface area contributed by atoms with Gasteiger partial charge in [0.05, 0.1) is 5.69 Å². The van der Waals surface area contributed by atoms with Crippen LogP contribution in [0.5, 0.6) is 0 Å². The second-order valence-electron chi connectivity index (χ2n) is 6.81. The summed E-state index contributed by atoms with van der Waals surface area (Å²) in [7, 11) is 3.37. The molecule has 0 radical (unpaired) electrons. The number of nitrogens with one attached hydrogen (secondary N) is 2. The summed E-state index contributed by atoms with van der Waals surface area (Å²) in [6.07, 6.45) is 1.46. The lowest BCUT2D eigenvalue weighted by molar-refractivity contribution is 0.256. The zero-order valence-electron chi connectivity index (χ0n) is 15.7. The van der Waals surface area contributed by atoms with Gasteiger partial charge in [-0.25, -0.2) is 9.78 Å². The van der Waals surface area contributed by atoms with E-state index in [1.165, 1.54) is 15.0 Å². The first kappa shape index (κ1) is 18.0. The van der Waals surface area contributed by atoms with Gasteiger partial charge in [-0.05, 0) is 36.5 Å². The van der Waals surface area contributed by atoms with Crippen molar-refractivity contribution in [2.45, 2.75) is 32.6 Å². The molecule has 1 aliphatic rings. The minimum absolute atomic E-state index is 0.218. The number of carbonyl (C=O) groups is 1. The molecule has 2 aromatic rings. The summed E-state index contributed by atoms with van der Waals surface area (Å²) in [5, 5.41) is 5.81. The molecule has 138 valence electrons. The van der Waals surface area contributed by atoms with E-state index in [9.17, 15) is 9.59 Å². The molecular weight excluding hydrogens is 330 g/mol. The summed E-state index contributed by atoms with van der Waals surface area (Å²) >= 11 is 0. The number of amides is 2. The molecule has 1 aliphatic heterocycles. The topological polar surface area (TPSA) is 79.3 Å². The summed E-state index contributed by atoms with van der Waals surface area (Å²) in [6, 6.07) is 7.48. The van der Waals surface area contributed by atoms with E-state index in [2.05, 4.69) is 29.5 Å². The Bertz CT molecular complexity index is 871. The van der Waals surface area contributed by atoms with Gasteiger partial charge >= 0.3 is 6.03 Å². The van der Waals surface area contributed by atoms with E-state index in [1.54, 1.807) is 14.1 Å². The number of nitrogens with zero attached hydrogens (tertiary/aromatic N) is 3. The lowest BCUT2D eigenvalue weighted by atomic mass is 10.0. The Morgan fingerprint density at radius 3 is 2.54 bits per heavy atom. The van der Waals surface area contributed by atoms with Gasteiger partial charge in [-0.15, -0.1) is 0 Å². The van der Waals surface area contributed by atoms with Crippen molar-refractivity contribution in [3.63, 3.8) is 0 Å². The molecule has 2 heterocycles. The van der Waals surface area contributed by atoms with Gasteiger partial charge in [-0.2, -0.15) is 0 Å². The number of urea groups is 1. The fourth-order valence-corrected chi connectivity index (χ4v) is 3.17. The van der Waals surface area contributed by atoms with Crippen molar-refractivity contribution in [3.8, 4) is 0 Å². The van der Waals surface area contributed by atoms with Gasteiger partial charge in [0.1, 0.15) is 5.69 Å². The highest BCUT2D eigenvalue weighted by Gasteiger charge is 2.28. The molecule has 0 spiro atoms. The molecule has 26 heavy (non-hydrogen) atoms. The predicted octanol–water partition coefficient (Wildman–Crippen LogP) is 2.93. The molecule has 7 nitrogen and oxygen atoms in total. The maximum Gasteiger partial charge on any atom is 0.326 e. The Hall–Kier alpha value is -2.83. The maximum absolute atomic E-state index is 12.8. The molecule has 3 rings (SSSR count). The molecule has 0 saturated carbocycles. The van der Waals surface area contributed by atoms with Crippen LogP contribution in [0.15, 0.2) is 29.1 Å². The van der Waals surface area contributed by atoms with Gasteiger partial charge in [0.25, 0.3) is 5.56 Å². The largest absolute Gasteiger partial charge is 0.359 e. The van der Waals surface area contributed by atoms with E-state index in [0.29, 0.717) is 41.9 Å². The second kappa shape index (κ2) is 7.19. The quantitative estimate of drug-likeness (QED) is 0.887. The molecule has 0 aliphatic carbocycles. The summed E-state index contributed by atoms with van der Waals surface area (Å²) in [4.78, 5) is 31.5. The van der Waals surface area contributed by atoms with Gasteiger partial charge in [0, 0.05) is 26.3 Å². The van der Waals surface area contributed by atoms with Crippen LogP contribution in [-0.2, 0) is 13.5 Å². The first-order chi connectivity index (χ1) is 12.4. The number of anilines is 3. The van der Waals surface area contributed by atoms with Crippen molar-refractivity contribution in [1.82, 2.24) is 9.55 Å². The van der Waals surface area contributed by atoms with Crippen LogP contribution in [0.25, 0.3) is 0 Å². The summed E-state index contributed by atoms with van der Waals surface area (Å²) in [5.41, 5.74) is 2.74. The van der Waals surface area contributed by atoms with Crippen molar-refractivity contribution < 1.29 is 4.79 Å². The highest BCUT2D eigenvalue weighted by molar-refractivity contribution is 6.02. The normalized spacial score (nSPS) is 13.5. The van der Waals surface area contributed by atoms with Crippen LogP contribution in [0.1, 0.15) is 37.4 Å². The SMILES string of the molecule is CNc1nc2c(c(=O)n1C)N(C(=O)Nc1ccc(C(C)C)cc1)CCC2. The average molecular weight is 355 g/mol. The van der Waals surface area contributed by atoms with Crippen LogP contribution in [0, 0.1) is 0 Å². The number of rotatable bonds is 3. The summed E-state index contributed by atoms with van der Waals surface area (Å²) < 4.78 is 1.43. The molecule has 0 atom stereocenters. The Labute approximate surface area is 153 Å². The second-order valence-corrected chi connectivity index (χ2v) is 6.81. The maximum atomic E-state index is 12.8. The molecule has 2 amide bonds. The van der Waals surface area contributed by atoms with E-state index < -0.39 is 0 Å². The Morgan fingerprint density at radius 1 is 1.23 bits per heavy atom. The van der Waals surface area contributed by atoms with Crippen molar-refractivity contribution >= 4 is 23.4 Å². The number of hydrogen-bond acceptors (Lipinski definition) is 4. The van der Waals surface area contributed by atoms with Crippen LogP contribution in [0.3, 0.4) is 0 Å². The molecule has 2 N–H and O–H groups in total. The standard InChI is InChI=1S/C19H25N5O2/c1-12(2)13-7-9-14(10-8-13)21-19(26)24-11-5-6-15-16(24)17(25)23(4)18(20-3)22-15/h7-10,12H,5-6,11H2,1-4H3,(H,20,22)(H,21,26). The molecule has 1 aromatic carbocycles. The third-order valence-electron chi connectivity index (χ3n) is 4.70. The third-order valence-corrected chi connectivity index (χ3v) is 4.70. The van der Waals surface area contributed by atoms with Crippen molar-refractivity contribution in [2.24, 2.45) is 7.05 Å². The highest BCUT2D eigenvalue weighted by atomic mass is 16.2. The van der Waals surface area contributed by atoms with Crippen LogP contribution in [0.4, 0.5) is 22.1 Å². The monoisotopic (exact) mass is 355 g/mol. The first-order valence-electron chi connectivity index (χ1n) is 8.88. The van der Waals surface area contributed by atoms with Gasteiger partial charge < -0.3 is 10.6 Å². The Kier molecular flexibility index (Phi) is 4.97. The van der Waals surface area contributed by atoms with Crippen molar-refractivity contribution in [2.75, 3.05) is 29.1 Å². The van der Waals surface area contributed by atoms with E-state index in [1.807, 2.05) is 24.3 Å². The summed E-state index contributed by atoms with van der Waals surface area (Å²) in [6.45, 7) is 4.75. The van der Waals surface area contributed by atoms with E-state index in [0.717, 1.165) is 6.42 Å². The van der Waals surface area contributed by atoms with Gasteiger partial charge in [0.15, 0.2) is 0 Å². The number of carbonyl (C=O) groups excluding carboxylic acids is 1. The zero-order valence-corrected chi connectivity index (χ0v) is 15.7. The zero-order chi connectivity index (χ0) is 18.8. The average Bonchev–Trinajstić information content (AvgIpc) is 2.64. The van der Waals surface area contributed by atoms with Gasteiger partial charge in [0.2, 0.25) is 5.95 Å². The molecular formula is C19H25N5O2. The smallest absolute Gasteiger partial charge is 0.326 e. The summed E-state index contributed by atoms with van der Waals surface area (Å²) in [5.74, 6) is 0.935. The first-order valence-corrected chi connectivity index (χ1v) is 8.88. The minimum atomic E-state index is -0.306. The number of aromatic nitrogens is 2. The van der Waals surface area contributed by atoms with Crippen molar-refractivity contribution in [1.29, 1.82) is 0 Å². The number of aryl methyl sites for hydroxylation is 1. The molecule has 7 heteroatoms. The number of benzene rings is 1. The minimum Gasteiger partial charge on any atom is -0.359 e. The molecule has 0 unspecified atom stereocenters. The van der Waals surface area contributed by atoms with Crippen LogP contribution >= 0.6 is 0 Å². The van der Waals surface area contributed by atoms with Crippen LogP contribution in [-0.4, -0.2) is 29.2 Å². The van der Waals surface area contributed by atoms with E-state index in [4.69, 9.17) is 0 Å². The number of fused-ring (bicyclic) bond motifs is 1. The Morgan fingerprint density at radius 2 is 1.92 bits per heavy atom. The van der Waals surface area contributed by atoms with Crippen LogP contribution in [0.2, 0.25) is 0 Å². The number of hydrogen-bond donors (Lipinski definition) is 2. The molecule has 0 bridgehead atoms. The van der Waals surface area contributed by atoms with Crippen molar-refractivity contribution in [3.05, 3.63) is 45.9 Å². The molecule has 0 saturated heterocycles. The Balaban J connectivity index is 1.88. The van der Waals surface area contributed by atoms with Gasteiger partial charge in [-0.1, -0.05) is 26.0 Å². The van der Waals surface area contributed by atoms with Crippen LogP contribution < -0.4 is 21.1 Å². The lowest BCUT2D eigenvalue weighted by Crippen LogP contribution is -2.44. The third kappa shape index (κ3) is 3.29. The fraction of sp³-hybridized carbons (Fsp3) is 0.421. The van der Waals surface area contributed by atoms with E-state index in [-0.39, 0.29) is 11.6 Å². The lowest BCUT2D eigenvalue weighted by Gasteiger charge is -2.29.